The topological polar surface area (TPSA) is 53.4 Å². The Morgan fingerprint density at radius 2 is 1.88 bits per heavy atom. The van der Waals surface area contributed by atoms with Gasteiger partial charge in [-0.15, -0.1) is 0 Å². The van der Waals surface area contributed by atoms with E-state index in [4.69, 9.17) is 0 Å². The third-order valence-corrected chi connectivity index (χ3v) is 4.83. The number of aldehydes is 1. The summed E-state index contributed by atoms with van der Waals surface area (Å²) in [6, 6.07) is 13.1. The highest BCUT2D eigenvalue weighted by Crippen LogP contribution is 2.32. The average Bonchev–Trinajstić information content (AvgIpc) is 3.14. The zero-order valence-electron chi connectivity index (χ0n) is 14.1. The van der Waals surface area contributed by atoms with Gasteiger partial charge in [0.05, 0.1) is 5.69 Å². The van der Waals surface area contributed by atoms with Crippen molar-refractivity contribution in [2.75, 3.05) is 19.6 Å². The molecule has 3 rings (SSSR count). The summed E-state index contributed by atoms with van der Waals surface area (Å²) in [6.07, 6.45) is 3.73. The SMILES string of the molecule is Cc1ccc(C(O)(CCN2CCCC2)c2cccc(C=O)n2)cc1. The predicted octanol–water partition coefficient (Wildman–Crippen LogP) is 2.92. The first-order valence-corrected chi connectivity index (χ1v) is 8.56. The second-order valence-electron chi connectivity index (χ2n) is 6.59. The highest BCUT2D eigenvalue weighted by Gasteiger charge is 2.34. The van der Waals surface area contributed by atoms with Crippen molar-refractivity contribution in [1.29, 1.82) is 0 Å². The maximum atomic E-state index is 11.5. The van der Waals surface area contributed by atoms with Gasteiger partial charge in [0, 0.05) is 6.54 Å². The first-order valence-electron chi connectivity index (χ1n) is 8.56. The lowest BCUT2D eigenvalue weighted by atomic mass is 9.86. The molecule has 4 heteroatoms. The number of hydrogen-bond acceptors (Lipinski definition) is 4. The smallest absolute Gasteiger partial charge is 0.168 e. The Labute approximate surface area is 143 Å². The van der Waals surface area contributed by atoms with E-state index in [1.165, 1.54) is 12.8 Å². The molecule has 0 radical (unpaired) electrons. The van der Waals surface area contributed by atoms with Crippen LogP contribution in [0.15, 0.2) is 42.5 Å². The van der Waals surface area contributed by atoms with E-state index < -0.39 is 5.60 Å². The van der Waals surface area contributed by atoms with Crippen LogP contribution in [0, 0.1) is 6.92 Å². The van der Waals surface area contributed by atoms with Crippen LogP contribution in [0.1, 0.15) is 46.6 Å². The Balaban J connectivity index is 1.94. The van der Waals surface area contributed by atoms with Crippen LogP contribution in [0.4, 0.5) is 0 Å². The lowest BCUT2D eigenvalue weighted by Gasteiger charge is -2.30. The fourth-order valence-electron chi connectivity index (χ4n) is 3.32. The molecular weight excluding hydrogens is 300 g/mol. The summed E-state index contributed by atoms with van der Waals surface area (Å²) >= 11 is 0. The fraction of sp³-hybridized carbons (Fsp3) is 0.400. The number of likely N-dealkylation sites (tertiary alicyclic amines) is 1. The molecule has 1 N–H and O–H groups in total. The van der Waals surface area contributed by atoms with E-state index in [-0.39, 0.29) is 0 Å². The van der Waals surface area contributed by atoms with E-state index in [1.807, 2.05) is 31.2 Å². The molecule has 1 aromatic carbocycles. The number of aromatic nitrogens is 1. The third kappa shape index (κ3) is 3.55. The third-order valence-electron chi connectivity index (χ3n) is 4.83. The summed E-state index contributed by atoms with van der Waals surface area (Å²) in [7, 11) is 0. The molecular formula is C20H24N2O2. The van der Waals surface area contributed by atoms with E-state index in [0.717, 1.165) is 37.0 Å². The number of carbonyl (C=O) groups excluding carboxylic acids is 1. The first-order chi connectivity index (χ1) is 11.6. The second kappa shape index (κ2) is 7.24. The number of benzene rings is 1. The molecule has 1 aromatic heterocycles. The van der Waals surface area contributed by atoms with Crippen LogP contribution in [-0.4, -0.2) is 40.9 Å². The maximum absolute atomic E-state index is 11.5. The standard InChI is InChI=1S/C20H24N2O2/c1-16-7-9-17(10-8-16)20(24,11-14-22-12-2-3-13-22)19-6-4-5-18(15-23)21-19/h4-10,15,24H,2-3,11-14H2,1H3. The largest absolute Gasteiger partial charge is 0.379 e. The number of hydrogen-bond donors (Lipinski definition) is 1. The maximum Gasteiger partial charge on any atom is 0.168 e. The van der Waals surface area contributed by atoms with Crippen molar-refractivity contribution in [1.82, 2.24) is 9.88 Å². The van der Waals surface area contributed by atoms with Crippen LogP contribution in [0.2, 0.25) is 0 Å². The Kier molecular flexibility index (Phi) is 5.07. The zero-order chi connectivity index (χ0) is 17.0. The van der Waals surface area contributed by atoms with Crippen LogP contribution >= 0.6 is 0 Å². The number of pyridine rings is 1. The number of aryl methyl sites for hydroxylation is 1. The van der Waals surface area contributed by atoms with Gasteiger partial charge >= 0.3 is 0 Å². The molecule has 24 heavy (non-hydrogen) atoms. The summed E-state index contributed by atoms with van der Waals surface area (Å²) in [5.41, 5.74) is 1.67. The van der Waals surface area contributed by atoms with Gasteiger partial charge in [-0.2, -0.15) is 0 Å². The quantitative estimate of drug-likeness (QED) is 0.830. The van der Waals surface area contributed by atoms with Gasteiger partial charge in [0.1, 0.15) is 11.3 Å². The summed E-state index contributed by atoms with van der Waals surface area (Å²) in [6.45, 7) is 5.02. The minimum atomic E-state index is -1.19. The first kappa shape index (κ1) is 16.8. The van der Waals surface area contributed by atoms with E-state index in [0.29, 0.717) is 17.8 Å². The molecule has 126 valence electrons. The monoisotopic (exact) mass is 324 g/mol. The van der Waals surface area contributed by atoms with Crippen LogP contribution in [0.25, 0.3) is 0 Å². The summed E-state index contributed by atoms with van der Waals surface area (Å²) in [4.78, 5) is 17.8. The summed E-state index contributed by atoms with van der Waals surface area (Å²) in [5, 5.41) is 11.5. The molecule has 1 atom stereocenters. The van der Waals surface area contributed by atoms with Crippen molar-refractivity contribution >= 4 is 6.29 Å². The summed E-state index contributed by atoms with van der Waals surface area (Å²) in [5.74, 6) is 0. The lowest BCUT2D eigenvalue weighted by Crippen LogP contribution is -2.34. The van der Waals surface area contributed by atoms with Crippen molar-refractivity contribution < 1.29 is 9.90 Å². The molecule has 2 aromatic rings. The summed E-state index contributed by atoms with van der Waals surface area (Å²) < 4.78 is 0. The van der Waals surface area contributed by atoms with E-state index in [1.54, 1.807) is 18.2 Å². The molecule has 1 saturated heterocycles. The highest BCUT2D eigenvalue weighted by atomic mass is 16.3. The fourth-order valence-corrected chi connectivity index (χ4v) is 3.32. The van der Waals surface area contributed by atoms with E-state index >= 15 is 0 Å². The number of carbonyl (C=O) groups is 1. The van der Waals surface area contributed by atoms with Gasteiger partial charge in [-0.25, -0.2) is 4.98 Å². The van der Waals surface area contributed by atoms with Gasteiger partial charge in [0.2, 0.25) is 0 Å². The van der Waals surface area contributed by atoms with Gasteiger partial charge in [0.15, 0.2) is 6.29 Å². The van der Waals surface area contributed by atoms with E-state index in [9.17, 15) is 9.90 Å². The van der Waals surface area contributed by atoms with Gasteiger partial charge in [-0.05, 0) is 57.0 Å². The molecule has 1 unspecified atom stereocenters. The van der Waals surface area contributed by atoms with Gasteiger partial charge in [0.25, 0.3) is 0 Å². The molecule has 1 aliphatic rings. The minimum absolute atomic E-state index is 0.346. The Hall–Kier alpha value is -2.04. The molecule has 0 bridgehead atoms. The van der Waals surface area contributed by atoms with Crippen molar-refractivity contribution in [2.24, 2.45) is 0 Å². The second-order valence-corrected chi connectivity index (χ2v) is 6.59. The van der Waals surface area contributed by atoms with Crippen LogP contribution < -0.4 is 0 Å². The van der Waals surface area contributed by atoms with Crippen LogP contribution in [-0.2, 0) is 5.60 Å². The molecule has 4 nitrogen and oxygen atoms in total. The molecule has 1 aliphatic heterocycles. The Morgan fingerprint density at radius 3 is 2.54 bits per heavy atom. The number of rotatable bonds is 6. The molecule has 2 heterocycles. The molecule has 0 spiro atoms. The van der Waals surface area contributed by atoms with Crippen molar-refractivity contribution in [3.8, 4) is 0 Å². The predicted molar refractivity (Wildman–Crippen MR) is 94.1 cm³/mol. The molecule has 1 fully saturated rings. The van der Waals surface area contributed by atoms with Crippen molar-refractivity contribution in [2.45, 2.75) is 31.8 Å². The highest BCUT2D eigenvalue weighted by molar-refractivity contribution is 5.71. The van der Waals surface area contributed by atoms with Gasteiger partial charge in [-0.1, -0.05) is 35.9 Å². The van der Waals surface area contributed by atoms with Gasteiger partial charge < -0.3 is 10.0 Å². The number of aliphatic hydroxyl groups is 1. The molecule has 0 amide bonds. The number of nitrogens with zero attached hydrogens (tertiary/aromatic N) is 2. The van der Waals surface area contributed by atoms with Crippen LogP contribution in [0.5, 0.6) is 0 Å². The van der Waals surface area contributed by atoms with Crippen molar-refractivity contribution in [3.63, 3.8) is 0 Å². The lowest BCUT2D eigenvalue weighted by molar-refractivity contribution is 0.0558. The van der Waals surface area contributed by atoms with Crippen LogP contribution in [0.3, 0.4) is 0 Å². The normalized spacial score (nSPS) is 17.6. The molecule has 0 saturated carbocycles. The average molecular weight is 324 g/mol. The Bertz CT molecular complexity index is 693. The van der Waals surface area contributed by atoms with Crippen molar-refractivity contribution in [3.05, 3.63) is 65.0 Å². The zero-order valence-corrected chi connectivity index (χ0v) is 14.1. The Morgan fingerprint density at radius 1 is 1.17 bits per heavy atom. The van der Waals surface area contributed by atoms with E-state index in [2.05, 4.69) is 9.88 Å². The molecule has 0 aliphatic carbocycles. The van der Waals surface area contributed by atoms with Gasteiger partial charge in [-0.3, -0.25) is 4.79 Å². The minimum Gasteiger partial charge on any atom is -0.379 e.